The van der Waals surface area contributed by atoms with Gasteiger partial charge in [0.25, 0.3) is 0 Å². The molecule has 2 N–H and O–H groups in total. The molecule has 1 fully saturated rings. The molecule has 2 aromatic heterocycles. The summed E-state index contributed by atoms with van der Waals surface area (Å²) in [5, 5.41) is 0. The maximum absolute atomic E-state index is 6.53. The van der Waals surface area contributed by atoms with E-state index in [0.717, 1.165) is 18.5 Å². The molecule has 1 aliphatic rings. The van der Waals surface area contributed by atoms with Crippen LogP contribution in [0.15, 0.2) is 30.6 Å². The first-order chi connectivity index (χ1) is 7.80. The highest BCUT2D eigenvalue weighted by molar-refractivity contribution is 5.41. The second kappa shape index (κ2) is 3.59. The molecule has 3 nitrogen and oxygen atoms in total. The van der Waals surface area contributed by atoms with E-state index in [1.165, 1.54) is 25.0 Å². The summed E-state index contributed by atoms with van der Waals surface area (Å²) in [6.07, 6.45) is 9.94. The van der Waals surface area contributed by atoms with Gasteiger partial charge in [0.15, 0.2) is 0 Å². The summed E-state index contributed by atoms with van der Waals surface area (Å²) in [5.41, 5.74) is 8.53. The Morgan fingerprint density at radius 1 is 1.19 bits per heavy atom. The summed E-state index contributed by atoms with van der Waals surface area (Å²) < 4.78 is 2.13. The topological polar surface area (TPSA) is 43.3 Å². The first kappa shape index (κ1) is 9.85. The van der Waals surface area contributed by atoms with Crippen LogP contribution in [0.25, 0.3) is 5.65 Å². The third-order valence-electron chi connectivity index (χ3n) is 3.67. The maximum atomic E-state index is 6.53. The Kier molecular flexibility index (Phi) is 2.21. The van der Waals surface area contributed by atoms with Gasteiger partial charge in [-0.3, -0.25) is 0 Å². The number of pyridine rings is 1. The molecule has 0 radical (unpaired) electrons. The number of nitrogens with two attached hydrogens (primary N) is 1. The number of aromatic nitrogens is 2. The summed E-state index contributed by atoms with van der Waals surface area (Å²) >= 11 is 0. The van der Waals surface area contributed by atoms with Gasteiger partial charge in [-0.15, -0.1) is 0 Å². The Morgan fingerprint density at radius 2 is 2.00 bits per heavy atom. The van der Waals surface area contributed by atoms with Crippen LogP contribution >= 0.6 is 0 Å². The number of imidazole rings is 1. The first-order valence-electron chi connectivity index (χ1n) is 6.01. The lowest BCUT2D eigenvalue weighted by atomic mass is 9.80. The number of nitrogens with zero attached hydrogens (tertiary/aromatic N) is 2. The number of hydrogen-bond acceptors (Lipinski definition) is 2. The quantitative estimate of drug-likeness (QED) is 0.794. The molecule has 16 heavy (non-hydrogen) atoms. The molecule has 84 valence electrons. The fraction of sp³-hybridized carbons (Fsp3) is 0.462. The van der Waals surface area contributed by atoms with E-state index in [2.05, 4.69) is 15.6 Å². The van der Waals surface area contributed by atoms with Gasteiger partial charge < -0.3 is 10.1 Å². The zero-order valence-electron chi connectivity index (χ0n) is 9.39. The lowest BCUT2D eigenvalue weighted by molar-refractivity contribution is 0.293. The van der Waals surface area contributed by atoms with Crippen LogP contribution in [0.4, 0.5) is 0 Å². The first-order valence-corrected chi connectivity index (χ1v) is 6.01. The third kappa shape index (κ3) is 1.43. The largest absolute Gasteiger partial charge is 0.320 e. The minimum absolute atomic E-state index is 0.168. The molecule has 1 saturated carbocycles. The smallest absolute Gasteiger partial charge is 0.136 e. The lowest BCUT2D eigenvalue weighted by Gasteiger charge is -2.32. The van der Waals surface area contributed by atoms with Gasteiger partial charge in [-0.2, -0.15) is 0 Å². The molecule has 3 heteroatoms. The number of rotatable bonds is 1. The van der Waals surface area contributed by atoms with Crippen molar-refractivity contribution in [3.8, 4) is 0 Å². The Morgan fingerprint density at radius 3 is 2.81 bits per heavy atom. The number of hydrogen-bond donors (Lipinski definition) is 1. The van der Waals surface area contributed by atoms with E-state index >= 15 is 0 Å². The predicted molar refractivity (Wildman–Crippen MR) is 64.1 cm³/mol. The van der Waals surface area contributed by atoms with Crippen molar-refractivity contribution in [3.05, 3.63) is 36.3 Å². The van der Waals surface area contributed by atoms with Crippen molar-refractivity contribution in [3.63, 3.8) is 0 Å². The van der Waals surface area contributed by atoms with E-state index in [4.69, 9.17) is 5.73 Å². The minimum Gasteiger partial charge on any atom is -0.320 e. The summed E-state index contributed by atoms with van der Waals surface area (Å²) in [6, 6.07) is 6.07. The second-order valence-corrected chi connectivity index (χ2v) is 4.79. The van der Waals surface area contributed by atoms with Crippen molar-refractivity contribution in [2.45, 2.75) is 37.6 Å². The summed E-state index contributed by atoms with van der Waals surface area (Å²) in [7, 11) is 0. The van der Waals surface area contributed by atoms with Crippen molar-refractivity contribution < 1.29 is 0 Å². The molecule has 2 aromatic rings. The van der Waals surface area contributed by atoms with Gasteiger partial charge in [0.05, 0.1) is 17.4 Å². The molecule has 0 unspecified atom stereocenters. The van der Waals surface area contributed by atoms with Gasteiger partial charge in [-0.05, 0) is 25.0 Å². The average molecular weight is 215 g/mol. The van der Waals surface area contributed by atoms with Gasteiger partial charge in [0.1, 0.15) is 5.65 Å². The Bertz CT molecular complexity index is 495. The SMILES string of the molecule is NC1(c2cnc3ccccn23)CCCCC1. The minimum atomic E-state index is -0.168. The highest BCUT2D eigenvalue weighted by atomic mass is 15.0. The van der Waals surface area contributed by atoms with Crippen LogP contribution in [0.5, 0.6) is 0 Å². The van der Waals surface area contributed by atoms with Crippen molar-refractivity contribution in [2.24, 2.45) is 5.73 Å². The maximum Gasteiger partial charge on any atom is 0.136 e. The molecule has 0 spiro atoms. The van der Waals surface area contributed by atoms with Crippen LogP contribution in [0, 0.1) is 0 Å². The van der Waals surface area contributed by atoms with Gasteiger partial charge in [0, 0.05) is 6.20 Å². The molecule has 0 saturated heterocycles. The van der Waals surface area contributed by atoms with Crippen molar-refractivity contribution in [2.75, 3.05) is 0 Å². The molecule has 0 amide bonds. The highest BCUT2D eigenvalue weighted by Crippen LogP contribution is 2.34. The molecular formula is C13H17N3. The van der Waals surface area contributed by atoms with E-state index in [1.807, 2.05) is 24.4 Å². The Hall–Kier alpha value is -1.35. The average Bonchev–Trinajstić information content (AvgIpc) is 2.74. The number of fused-ring (bicyclic) bond motifs is 1. The molecule has 0 bridgehead atoms. The van der Waals surface area contributed by atoms with Crippen LogP contribution in [-0.4, -0.2) is 9.38 Å². The van der Waals surface area contributed by atoms with Gasteiger partial charge in [-0.25, -0.2) is 4.98 Å². The van der Waals surface area contributed by atoms with E-state index in [0.29, 0.717) is 0 Å². The van der Waals surface area contributed by atoms with Crippen molar-refractivity contribution in [1.82, 2.24) is 9.38 Å². The van der Waals surface area contributed by atoms with Gasteiger partial charge in [-0.1, -0.05) is 25.3 Å². The van der Waals surface area contributed by atoms with Crippen LogP contribution in [0.3, 0.4) is 0 Å². The standard InChI is InChI=1S/C13H17N3/c14-13(7-3-1-4-8-13)11-10-15-12-6-2-5-9-16(11)12/h2,5-6,9-10H,1,3-4,7-8,14H2. The zero-order chi connectivity index (χ0) is 11.0. The normalized spacial score (nSPS) is 20.1. The Balaban J connectivity index is 2.11. The van der Waals surface area contributed by atoms with Crippen molar-refractivity contribution >= 4 is 5.65 Å². The molecule has 0 atom stereocenters. The van der Waals surface area contributed by atoms with Crippen LogP contribution in [0.1, 0.15) is 37.8 Å². The monoisotopic (exact) mass is 215 g/mol. The third-order valence-corrected chi connectivity index (χ3v) is 3.67. The summed E-state index contributed by atoms with van der Waals surface area (Å²) in [6.45, 7) is 0. The summed E-state index contributed by atoms with van der Waals surface area (Å²) in [4.78, 5) is 4.42. The molecule has 2 heterocycles. The molecule has 0 aliphatic heterocycles. The fourth-order valence-corrected chi connectivity index (χ4v) is 2.74. The van der Waals surface area contributed by atoms with Gasteiger partial charge in [0.2, 0.25) is 0 Å². The van der Waals surface area contributed by atoms with Crippen LogP contribution in [0.2, 0.25) is 0 Å². The molecule has 1 aliphatic carbocycles. The fourth-order valence-electron chi connectivity index (χ4n) is 2.74. The van der Waals surface area contributed by atoms with E-state index < -0.39 is 0 Å². The van der Waals surface area contributed by atoms with E-state index in [1.54, 1.807) is 0 Å². The molecule has 0 aromatic carbocycles. The lowest BCUT2D eigenvalue weighted by Crippen LogP contribution is -2.39. The van der Waals surface area contributed by atoms with Crippen molar-refractivity contribution in [1.29, 1.82) is 0 Å². The van der Waals surface area contributed by atoms with Crippen LogP contribution in [-0.2, 0) is 5.54 Å². The predicted octanol–water partition coefficient (Wildman–Crippen LogP) is 2.45. The van der Waals surface area contributed by atoms with Gasteiger partial charge >= 0.3 is 0 Å². The highest BCUT2D eigenvalue weighted by Gasteiger charge is 2.31. The van der Waals surface area contributed by atoms with E-state index in [-0.39, 0.29) is 5.54 Å². The van der Waals surface area contributed by atoms with Crippen LogP contribution < -0.4 is 5.73 Å². The summed E-state index contributed by atoms with van der Waals surface area (Å²) in [5.74, 6) is 0. The molecular weight excluding hydrogens is 198 g/mol. The zero-order valence-corrected chi connectivity index (χ0v) is 9.39. The molecule has 3 rings (SSSR count). The van der Waals surface area contributed by atoms with E-state index in [9.17, 15) is 0 Å². The Labute approximate surface area is 95.3 Å². The second-order valence-electron chi connectivity index (χ2n) is 4.79.